The maximum absolute atomic E-state index is 13.1. The van der Waals surface area contributed by atoms with Crippen molar-refractivity contribution < 1.29 is 124 Å². The number of esters is 1. The monoisotopic (exact) mass is 1370 g/mol. The average molecular weight is 1370 g/mol. The van der Waals surface area contributed by atoms with E-state index in [0.29, 0.717) is 37.0 Å². The van der Waals surface area contributed by atoms with Crippen LogP contribution in [0, 0.1) is 28.6 Å². The van der Waals surface area contributed by atoms with E-state index in [1.807, 2.05) is 48.5 Å². The summed E-state index contributed by atoms with van der Waals surface area (Å²) in [6.07, 6.45) is -4.72. The number of rotatable bonds is 18. The molecule has 0 amide bonds. The molecule has 0 aromatic rings. The van der Waals surface area contributed by atoms with E-state index in [2.05, 4.69) is 19.9 Å². The molecule has 8 heterocycles. The van der Waals surface area contributed by atoms with E-state index in [0.717, 1.165) is 44.9 Å². The minimum absolute atomic E-state index is 0.0143. The van der Waals surface area contributed by atoms with Crippen molar-refractivity contribution in [3.05, 3.63) is 23.5 Å². The van der Waals surface area contributed by atoms with Gasteiger partial charge in [-0.25, -0.2) is 0 Å². The number of carbonyl (C=O) groups excluding carboxylic acids is 2. The molecule has 8 aliphatic heterocycles. The van der Waals surface area contributed by atoms with Crippen molar-refractivity contribution in [1.82, 2.24) is 0 Å². The Bertz CT molecular complexity index is 2700. The second kappa shape index (κ2) is 29.7. The van der Waals surface area contributed by atoms with Gasteiger partial charge in [0, 0.05) is 65.8 Å². The smallest absolute Gasteiger partial charge is 0.303 e. The number of Topliss-reactive ketones (excluding diaryl/α,β-unsaturated/α-hetero) is 1. The maximum Gasteiger partial charge on any atom is 0.303 e. The summed E-state index contributed by atoms with van der Waals surface area (Å²) in [5.74, 6) is -0.820. The van der Waals surface area contributed by atoms with E-state index in [9.17, 15) is 24.9 Å². The van der Waals surface area contributed by atoms with Gasteiger partial charge < -0.3 is 115 Å². The zero-order valence-corrected chi connectivity index (χ0v) is 58.8. The molecule has 26 nitrogen and oxygen atoms in total. The van der Waals surface area contributed by atoms with Gasteiger partial charge in [-0.1, -0.05) is 25.5 Å². The SMILES string of the molecule is COC1=C[C@@H](C)O[C@@H](O[C@H]2CC[C@@]3(C)C(=CC[C@@H]4[C@@H]3CC[C@@]3(C)[C@H]4CC[C@]3(O)[C@H](C)O[C@H]3C[C@H]4OCO[C@@]5(C[C@@H](OC)[C@H](O[C@H]6C[C@H](OC)[C@H](O[C@H]7C[C@@H](O)[C@H](O[C@H]8C[C@H](OC)[C@H](O[C@H]9C[C@H](O)[C@H](OC(C)=O)[C@@H](C)O9)[C@@H](C)O8)[C@@H](C)O7)[C@@H](C)O6)[C@@H](C)O5)O[C@@H]4[C@@H](C)O3)C2)C1=O. The van der Waals surface area contributed by atoms with Crippen molar-refractivity contribution in [2.45, 2.75) is 344 Å². The van der Waals surface area contributed by atoms with Crippen molar-refractivity contribution in [2.75, 3.05) is 35.2 Å². The van der Waals surface area contributed by atoms with Gasteiger partial charge in [0.1, 0.15) is 30.5 Å². The number of allylic oxidation sites excluding steroid dienone is 1. The Hall–Kier alpha value is -2.46. The van der Waals surface area contributed by atoms with E-state index in [-0.39, 0.29) is 67.1 Å². The first-order valence-electron chi connectivity index (χ1n) is 35.5. The molecule has 10 fully saturated rings. The van der Waals surface area contributed by atoms with Crippen LogP contribution in [0.5, 0.6) is 0 Å². The molecule has 7 saturated heterocycles. The van der Waals surface area contributed by atoms with Crippen LogP contribution in [-0.4, -0.2) is 240 Å². The van der Waals surface area contributed by atoms with E-state index >= 15 is 0 Å². The molecular formula is C70H110O26. The number of ether oxygens (including phenoxy) is 21. The third-order valence-corrected chi connectivity index (χ3v) is 24.1. The van der Waals surface area contributed by atoms with E-state index in [4.69, 9.17) is 99.5 Å². The lowest BCUT2D eigenvalue weighted by Gasteiger charge is -2.59. The fourth-order valence-electron chi connectivity index (χ4n) is 19.0. The lowest BCUT2D eigenvalue weighted by Crippen LogP contribution is -2.62. The largest absolute Gasteiger partial charge is 0.493 e. The van der Waals surface area contributed by atoms with Gasteiger partial charge in [-0.15, -0.1) is 0 Å². The first-order valence-corrected chi connectivity index (χ1v) is 35.5. The Morgan fingerprint density at radius 2 is 1.19 bits per heavy atom. The number of aliphatic hydroxyl groups is 3. The molecule has 34 atom stereocenters. The summed E-state index contributed by atoms with van der Waals surface area (Å²) in [7, 11) is 6.30. The Kier molecular flexibility index (Phi) is 22.7. The van der Waals surface area contributed by atoms with E-state index in [1.165, 1.54) is 19.6 Å². The average Bonchev–Trinajstić information content (AvgIpc) is 1.44. The van der Waals surface area contributed by atoms with Crippen LogP contribution >= 0.6 is 0 Å². The third kappa shape index (κ3) is 14.5. The van der Waals surface area contributed by atoms with Crippen LogP contribution in [-0.2, 0) is 109 Å². The number of hydrogen-bond acceptors (Lipinski definition) is 26. The summed E-state index contributed by atoms with van der Waals surface area (Å²) in [5, 5.41) is 35.4. The summed E-state index contributed by atoms with van der Waals surface area (Å²) in [4.78, 5) is 24.7. The van der Waals surface area contributed by atoms with Crippen LogP contribution in [0.2, 0.25) is 0 Å². The van der Waals surface area contributed by atoms with Crippen molar-refractivity contribution in [2.24, 2.45) is 28.6 Å². The fraction of sp³-hybridized carbons (Fsp3) is 0.914. The number of hydrogen-bond donors (Lipinski definition) is 3. The standard InChI is InChI=1S/C70H110O26/c1-33-24-49(76-12)59(74)66(82-33)90-43-18-21-67(10)42(25-43)16-17-44-45(67)19-22-68(11)46(44)20-23-69(68,75)40(8)88-56-30-52-65(38(6)87-56)96-70(81-32-80-52)31-53(79-15)64(39(7)95-70)94-58-29-51(78-14)63(37(5)86-58)93-55-27-48(73)61(35(3)84-55)91-57-28-50(77-13)62(36(4)85-57)92-54-26-47(72)60(34(2)83-54)89-41(9)71/h16,24,33-40,43-48,50-58,60-66,72-73,75H,17-23,25-32H2,1-15H3/t33-,34-,35-,36-,37-,38-,39-,40+,43+,44-,45+,46+,47+,48-,50+,51+,52-,53-,54+,55+,56+,57+,58+,60-,61-,62-,63-,64-,65-,66+,67+,68+,69+,70-/m1/s1. The van der Waals surface area contributed by atoms with Gasteiger partial charge in [0.05, 0.1) is 111 Å². The van der Waals surface area contributed by atoms with Gasteiger partial charge in [-0.2, -0.15) is 0 Å². The summed E-state index contributed by atoms with van der Waals surface area (Å²) in [6.45, 7) is 20.8. The molecule has 12 aliphatic rings. The van der Waals surface area contributed by atoms with Crippen LogP contribution in [0.1, 0.15) is 166 Å². The lowest BCUT2D eigenvalue weighted by molar-refractivity contribution is -0.447. The molecule has 0 unspecified atom stereocenters. The molecule has 0 aromatic carbocycles. The minimum Gasteiger partial charge on any atom is -0.493 e. The van der Waals surface area contributed by atoms with Gasteiger partial charge in [0.2, 0.25) is 6.29 Å². The Morgan fingerprint density at radius 1 is 0.625 bits per heavy atom. The minimum atomic E-state index is -1.56. The molecule has 546 valence electrons. The molecule has 3 saturated carbocycles. The highest BCUT2D eigenvalue weighted by Gasteiger charge is 2.66. The number of carbonyl (C=O) groups is 2. The molecule has 26 heteroatoms. The summed E-state index contributed by atoms with van der Waals surface area (Å²) in [6, 6.07) is 0. The molecule has 4 aliphatic carbocycles. The van der Waals surface area contributed by atoms with Crippen LogP contribution < -0.4 is 0 Å². The van der Waals surface area contributed by atoms with Gasteiger partial charge in [-0.3, -0.25) is 9.59 Å². The number of methoxy groups -OCH3 is 4. The van der Waals surface area contributed by atoms with Gasteiger partial charge >= 0.3 is 5.97 Å². The first-order chi connectivity index (χ1) is 45.7. The highest BCUT2D eigenvalue weighted by molar-refractivity contribution is 5.96. The van der Waals surface area contributed by atoms with Crippen LogP contribution in [0.4, 0.5) is 0 Å². The summed E-state index contributed by atoms with van der Waals surface area (Å²) in [5.41, 5.74) is -0.0170. The second-order valence-electron chi connectivity index (χ2n) is 30.0. The number of ketones is 1. The molecule has 96 heavy (non-hydrogen) atoms. The Labute approximate surface area is 565 Å². The van der Waals surface area contributed by atoms with Crippen molar-refractivity contribution in [3.63, 3.8) is 0 Å². The predicted molar refractivity (Wildman–Crippen MR) is 334 cm³/mol. The number of fused-ring (bicyclic) bond motifs is 6. The highest BCUT2D eigenvalue weighted by atomic mass is 16.9. The van der Waals surface area contributed by atoms with E-state index in [1.54, 1.807) is 34.3 Å². The molecule has 1 spiro atoms. The van der Waals surface area contributed by atoms with Crippen molar-refractivity contribution in [1.29, 1.82) is 0 Å². The quantitative estimate of drug-likeness (QED) is 0.0981. The molecule has 0 radical (unpaired) electrons. The zero-order chi connectivity index (χ0) is 68.5. The molecule has 0 aromatic heterocycles. The third-order valence-electron chi connectivity index (χ3n) is 24.1. The summed E-state index contributed by atoms with van der Waals surface area (Å²) >= 11 is 0. The predicted octanol–water partition coefficient (Wildman–Crippen LogP) is 6.45. The van der Waals surface area contributed by atoms with Gasteiger partial charge in [0.15, 0.2) is 50.1 Å². The van der Waals surface area contributed by atoms with Crippen molar-refractivity contribution in [3.8, 4) is 0 Å². The first kappa shape index (κ1) is 73.3. The van der Waals surface area contributed by atoms with E-state index < -0.39 is 171 Å². The molecule has 0 bridgehead atoms. The molecule has 12 rings (SSSR count). The Balaban J connectivity index is 0.599. The molecule has 3 N–H and O–H groups in total. The number of aliphatic hydroxyl groups excluding tert-OH is 2. The van der Waals surface area contributed by atoms with Gasteiger partial charge in [0.25, 0.3) is 11.8 Å². The summed E-state index contributed by atoms with van der Waals surface area (Å²) < 4.78 is 132. The zero-order valence-electron chi connectivity index (χ0n) is 58.8. The topological polar surface area (TPSA) is 289 Å². The normalized spacial score (nSPS) is 51.0. The Morgan fingerprint density at radius 3 is 1.78 bits per heavy atom. The van der Waals surface area contributed by atoms with Gasteiger partial charge in [-0.05, 0) is 136 Å². The van der Waals surface area contributed by atoms with Crippen LogP contribution in [0.25, 0.3) is 0 Å². The fourth-order valence-corrected chi connectivity index (χ4v) is 19.0. The van der Waals surface area contributed by atoms with Crippen LogP contribution in [0.15, 0.2) is 23.5 Å². The van der Waals surface area contributed by atoms with Crippen LogP contribution in [0.3, 0.4) is 0 Å². The molecular weight excluding hydrogens is 1260 g/mol. The highest BCUT2D eigenvalue weighted by Crippen LogP contribution is 2.68. The van der Waals surface area contributed by atoms with Crippen molar-refractivity contribution >= 4 is 11.8 Å². The second-order valence-corrected chi connectivity index (χ2v) is 30.0. The lowest BCUT2D eigenvalue weighted by atomic mass is 9.46. The maximum atomic E-state index is 13.1.